The molecular weight excluding hydrogens is 158 g/mol. The molecule has 2 nitrogen and oxygen atoms in total. The van der Waals surface area contributed by atoms with Crippen molar-refractivity contribution in [3.63, 3.8) is 0 Å². The van der Waals surface area contributed by atoms with Crippen molar-refractivity contribution < 1.29 is 5.11 Å². The molecule has 1 atom stereocenters. The minimum atomic E-state index is -0.346. The smallest absolute Gasteiger partial charge is 0.0920 e. The predicted octanol–water partition coefficient (Wildman–Crippen LogP) is 2.14. The highest BCUT2D eigenvalue weighted by atomic mass is 32.1. The lowest BCUT2D eigenvalue weighted by Gasteiger charge is -2.10. The minimum Gasteiger partial charge on any atom is -0.387 e. The van der Waals surface area contributed by atoms with Crippen molar-refractivity contribution in [3.8, 4) is 0 Å². The number of aliphatic hydroxyl groups excluding tert-OH is 1. The highest BCUT2D eigenvalue weighted by molar-refractivity contribution is 7.11. The molecule has 1 aromatic rings. The minimum absolute atomic E-state index is 0.273. The Morgan fingerprint density at radius 3 is 2.55 bits per heavy atom. The fraction of sp³-hybridized carbons (Fsp3) is 0.625. The highest BCUT2D eigenvalue weighted by Crippen LogP contribution is 2.25. The van der Waals surface area contributed by atoms with Gasteiger partial charge in [0.15, 0.2) is 0 Å². The predicted molar refractivity (Wildman–Crippen MR) is 46.6 cm³/mol. The van der Waals surface area contributed by atoms with E-state index in [9.17, 15) is 5.11 Å². The van der Waals surface area contributed by atoms with Gasteiger partial charge in [-0.1, -0.05) is 13.8 Å². The molecule has 0 radical (unpaired) electrons. The molecule has 0 saturated heterocycles. The maximum atomic E-state index is 9.58. The van der Waals surface area contributed by atoms with Crippen molar-refractivity contribution in [1.82, 2.24) is 4.98 Å². The number of thiazole rings is 1. The highest BCUT2D eigenvalue weighted by Gasteiger charge is 2.13. The summed E-state index contributed by atoms with van der Waals surface area (Å²) in [7, 11) is 0. The standard InChI is InChI=1S/C8H13NOS/c1-5(2)8(10)7-4-9-6(3)11-7/h4-5,8,10H,1-3H3. The van der Waals surface area contributed by atoms with E-state index in [1.807, 2.05) is 20.8 Å². The quantitative estimate of drug-likeness (QED) is 0.739. The van der Waals surface area contributed by atoms with Crippen molar-refractivity contribution in [1.29, 1.82) is 0 Å². The topological polar surface area (TPSA) is 33.1 Å². The Hall–Kier alpha value is -0.410. The first-order valence-electron chi connectivity index (χ1n) is 3.71. The van der Waals surface area contributed by atoms with E-state index in [0.29, 0.717) is 0 Å². The van der Waals surface area contributed by atoms with E-state index >= 15 is 0 Å². The largest absolute Gasteiger partial charge is 0.387 e. The summed E-state index contributed by atoms with van der Waals surface area (Å²) in [6, 6.07) is 0. The molecule has 0 saturated carbocycles. The van der Waals surface area contributed by atoms with Crippen molar-refractivity contribution in [2.24, 2.45) is 5.92 Å². The summed E-state index contributed by atoms with van der Waals surface area (Å²) in [6.45, 7) is 5.95. The van der Waals surface area contributed by atoms with Crippen LogP contribution in [0.3, 0.4) is 0 Å². The van der Waals surface area contributed by atoms with Crippen LogP contribution in [0.25, 0.3) is 0 Å². The second-order valence-corrected chi connectivity index (χ2v) is 4.24. The van der Waals surface area contributed by atoms with Crippen LogP contribution in [-0.2, 0) is 0 Å². The number of nitrogens with zero attached hydrogens (tertiary/aromatic N) is 1. The molecule has 1 aromatic heterocycles. The molecule has 3 heteroatoms. The second kappa shape index (κ2) is 3.32. The van der Waals surface area contributed by atoms with Crippen LogP contribution in [0.1, 0.15) is 29.8 Å². The molecule has 1 N–H and O–H groups in total. The Bertz CT molecular complexity index is 232. The molecule has 0 bridgehead atoms. The van der Waals surface area contributed by atoms with E-state index in [1.165, 1.54) is 0 Å². The number of aromatic nitrogens is 1. The van der Waals surface area contributed by atoms with Gasteiger partial charge in [0.05, 0.1) is 16.0 Å². The maximum absolute atomic E-state index is 9.58. The van der Waals surface area contributed by atoms with Gasteiger partial charge in [-0.2, -0.15) is 0 Å². The summed E-state index contributed by atoms with van der Waals surface area (Å²) in [4.78, 5) is 5.05. The molecule has 0 aliphatic rings. The molecule has 62 valence electrons. The molecule has 1 heterocycles. The van der Waals surface area contributed by atoms with Crippen LogP contribution in [0.5, 0.6) is 0 Å². The molecule has 0 fully saturated rings. The Balaban J connectivity index is 2.76. The van der Waals surface area contributed by atoms with E-state index in [0.717, 1.165) is 9.88 Å². The molecule has 11 heavy (non-hydrogen) atoms. The first kappa shape index (κ1) is 8.68. The summed E-state index contributed by atoms with van der Waals surface area (Å²) in [5.74, 6) is 0.273. The summed E-state index contributed by atoms with van der Waals surface area (Å²) in [6.07, 6.45) is 1.41. The summed E-state index contributed by atoms with van der Waals surface area (Å²) >= 11 is 1.56. The van der Waals surface area contributed by atoms with Crippen LogP contribution < -0.4 is 0 Å². The monoisotopic (exact) mass is 171 g/mol. The second-order valence-electron chi connectivity index (χ2n) is 2.97. The summed E-state index contributed by atoms with van der Waals surface area (Å²) in [5, 5.41) is 10.6. The third kappa shape index (κ3) is 2.01. The van der Waals surface area contributed by atoms with E-state index in [1.54, 1.807) is 17.5 Å². The SMILES string of the molecule is Cc1ncc(C(O)C(C)C)s1. The van der Waals surface area contributed by atoms with Gasteiger partial charge in [-0.05, 0) is 12.8 Å². The van der Waals surface area contributed by atoms with Crippen LogP contribution in [0.4, 0.5) is 0 Å². The van der Waals surface area contributed by atoms with E-state index in [-0.39, 0.29) is 12.0 Å². The Morgan fingerprint density at radius 2 is 2.18 bits per heavy atom. The average molecular weight is 171 g/mol. The van der Waals surface area contributed by atoms with Gasteiger partial charge in [0, 0.05) is 6.20 Å². The molecule has 0 spiro atoms. The fourth-order valence-electron chi connectivity index (χ4n) is 0.843. The normalized spacial score (nSPS) is 13.9. The van der Waals surface area contributed by atoms with Crippen molar-refractivity contribution in [3.05, 3.63) is 16.1 Å². The Labute approximate surface area is 70.9 Å². The van der Waals surface area contributed by atoms with Crippen molar-refractivity contribution in [2.45, 2.75) is 26.9 Å². The lowest BCUT2D eigenvalue weighted by Crippen LogP contribution is -2.02. The van der Waals surface area contributed by atoms with Gasteiger partial charge < -0.3 is 5.11 Å². The zero-order chi connectivity index (χ0) is 8.43. The Kier molecular flexibility index (Phi) is 2.62. The number of hydrogen-bond donors (Lipinski definition) is 1. The van der Waals surface area contributed by atoms with Gasteiger partial charge in [-0.25, -0.2) is 4.98 Å². The van der Waals surface area contributed by atoms with Crippen LogP contribution >= 0.6 is 11.3 Å². The zero-order valence-corrected chi connectivity index (χ0v) is 7.85. The van der Waals surface area contributed by atoms with Crippen LogP contribution in [0.15, 0.2) is 6.20 Å². The van der Waals surface area contributed by atoms with E-state index in [4.69, 9.17) is 0 Å². The van der Waals surface area contributed by atoms with Gasteiger partial charge in [-0.3, -0.25) is 0 Å². The van der Waals surface area contributed by atoms with Gasteiger partial charge in [0.25, 0.3) is 0 Å². The lowest BCUT2D eigenvalue weighted by molar-refractivity contribution is 0.130. The fourth-order valence-corrected chi connectivity index (χ4v) is 1.79. The van der Waals surface area contributed by atoms with Gasteiger partial charge in [-0.15, -0.1) is 11.3 Å². The number of aryl methyl sites for hydroxylation is 1. The number of hydrogen-bond acceptors (Lipinski definition) is 3. The lowest BCUT2D eigenvalue weighted by atomic mass is 10.1. The molecule has 0 aliphatic heterocycles. The molecule has 0 aliphatic carbocycles. The van der Waals surface area contributed by atoms with Gasteiger partial charge >= 0.3 is 0 Å². The molecule has 0 aromatic carbocycles. The van der Waals surface area contributed by atoms with E-state index < -0.39 is 0 Å². The third-order valence-electron chi connectivity index (χ3n) is 1.56. The molecule has 0 amide bonds. The molecular formula is C8H13NOS. The molecule has 1 rings (SSSR count). The number of rotatable bonds is 2. The maximum Gasteiger partial charge on any atom is 0.0920 e. The zero-order valence-electron chi connectivity index (χ0n) is 7.03. The molecule has 1 unspecified atom stereocenters. The first-order valence-corrected chi connectivity index (χ1v) is 4.53. The van der Waals surface area contributed by atoms with Crippen LogP contribution in [0.2, 0.25) is 0 Å². The summed E-state index contributed by atoms with van der Waals surface area (Å²) in [5.41, 5.74) is 0. The van der Waals surface area contributed by atoms with Crippen molar-refractivity contribution in [2.75, 3.05) is 0 Å². The Morgan fingerprint density at radius 1 is 1.55 bits per heavy atom. The van der Waals surface area contributed by atoms with Crippen LogP contribution in [-0.4, -0.2) is 10.1 Å². The van der Waals surface area contributed by atoms with Gasteiger partial charge in [0.1, 0.15) is 0 Å². The number of aliphatic hydroxyl groups is 1. The summed E-state index contributed by atoms with van der Waals surface area (Å²) < 4.78 is 0. The van der Waals surface area contributed by atoms with Crippen molar-refractivity contribution >= 4 is 11.3 Å². The van der Waals surface area contributed by atoms with Gasteiger partial charge in [0.2, 0.25) is 0 Å². The average Bonchev–Trinajstić information content (AvgIpc) is 2.34. The first-order chi connectivity index (χ1) is 5.11. The third-order valence-corrected chi connectivity index (χ3v) is 2.55. The van der Waals surface area contributed by atoms with Crippen LogP contribution in [0, 0.1) is 12.8 Å². The van der Waals surface area contributed by atoms with E-state index in [2.05, 4.69) is 4.98 Å².